The molecule has 0 aliphatic heterocycles. The lowest BCUT2D eigenvalue weighted by Gasteiger charge is -2.12. The van der Waals surface area contributed by atoms with E-state index in [0.29, 0.717) is 36.0 Å². The van der Waals surface area contributed by atoms with Gasteiger partial charge in [-0.3, -0.25) is 4.79 Å². The number of nitrogens with zero attached hydrogens (tertiary/aromatic N) is 1. The van der Waals surface area contributed by atoms with Crippen molar-refractivity contribution in [2.45, 2.75) is 33.6 Å². The van der Waals surface area contributed by atoms with Gasteiger partial charge in [-0.15, -0.1) is 0 Å². The fraction of sp³-hybridized carbons (Fsp3) is 0.304. The van der Waals surface area contributed by atoms with Crippen molar-refractivity contribution in [2.24, 2.45) is 0 Å². The maximum atomic E-state index is 12.5. The molecule has 5 nitrogen and oxygen atoms in total. The van der Waals surface area contributed by atoms with Gasteiger partial charge >= 0.3 is 0 Å². The van der Waals surface area contributed by atoms with E-state index >= 15 is 0 Å². The van der Waals surface area contributed by atoms with E-state index in [1.165, 1.54) is 0 Å². The molecule has 0 aliphatic carbocycles. The molecule has 1 amide bonds. The minimum atomic E-state index is -0.450. The van der Waals surface area contributed by atoms with Gasteiger partial charge < -0.3 is 14.8 Å². The molecule has 1 N–H and O–H groups in total. The van der Waals surface area contributed by atoms with Gasteiger partial charge in [0.1, 0.15) is 11.6 Å². The molecule has 0 spiro atoms. The molecule has 28 heavy (non-hydrogen) atoms. The first-order chi connectivity index (χ1) is 13.6. The Morgan fingerprint density at radius 1 is 1.14 bits per heavy atom. The molecule has 0 saturated carbocycles. The number of hydrogen-bond acceptors (Lipinski definition) is 4. The topological polar surface area (TPSA) is 71.3 Å². The van der Waals surface area contributed by atoms with Crippen LogP contribution in [-0.2, 0) is 4.79 Å². The smallest absolute Gasteiger partial charge is 0.266 e. The molecular formula is C23H26N2O3. The quantitative estimate of drug-likeness (QED) is 0.373. The van der Waals surface area contributed by atoms with Gasteiger partial charge in [-0.25, -0.2) is 0 Å². The van der Waals surface area contributed by atoms with Crippen molar-refractivity contribution in [3.8, 4) is 17.6 Å². The Labute approximate surface area is 166 Å². The Morgan fingerprint density at radius 2 is 1.96 bits per heavy atom. The number of amides is 1. The molecule has 0 saturated heterocycles. The number of carbonyl (C=O) groups is 1. The van der Waals surface area contributed by atoms with E-state index in [1.54, 1.807) is 30.3 Å². The number of benzene rings is 2. The third-order valence-corrected chi connectivity index (χ3v) is 3.98. The fourth-order valence-electron chi connectivity index (χ4n) is 2.56. The zero-order chi connectivity index (χ0) is 20.4. The highest BCUT2D eigenvalue weighted by Crippen LogP contribution is 2.29. The van der Waals surface area contributed by atoms with Crippen LogP contribution in [0.3, 0.4) is 0 Å². The first-order valence-corrected chi connectivity index (χ1v) is 9.46. The largest absolute Gasteiger partial charge is 0.490 e. The van der Waals surface area contributed by atoms with Crippen LogP contribution in [0.1, 0.15) is 37.8 Å². The monoisotopic (exact) mass is 378 g/mol. The summed E-state index contributed by atoms with van der Waals surface area (Å²) in [5, 5.41) is 12.2. The molecule has 0 atom stereocenters. The van der Waals surface area contributed by atoms with Gasteiger partial charge in [-0.2, -0.15) is 5.26 Å². The normalized spacial score (nSPS) is 10.9. The molecule has 2 rings (SSSR count). The third kappa shape index (κ3) is 6.17. The SMILES string of the molecule is CCCCOc1ccc(/C=C(\C#N)C(=O)Nc2cccc(C)c2)cc1OCC. The van der Waals surface area contributed by atoms with Gasteiger partial charge in [-0.05, 0) is 61.7 Å². The maximum Gasteiger partial charge on any atom is 0.266 e. The van der Waals surface area contributed by atoms with E-state index in [1.807, 2.05) is 38.1 Å². The van der Waals surface area contributed by atoms with Crippen LogP contribution in [0, 0.1) is 18.3 Å². The first kappa shape index (κ1) is 21.0. The number of ether oxygens (including phenoxy) is 2. The van der Waals surface area contributed by atoms with Crippen LogP contribution < -0.4 is 14.8 Å². The van der Waals surface area contributed by atoms with Crippen molar-refractivity contribution in [1.82, 2.24) is 0 Å². The Kier molecular flexibility index (Phi) is 8.11. The highest BCUT2D eigenvalue weighted by Gasteiger charge is 2.11. The number of nitrogens with one attached hydrogen (secondary N) is 1. The zero-order valence-electron chi connectivity index (χ0n) is 16.6. The maximum absolute atomic E-state index is 12.5. The molecule has 146 valence electrons. The standard InChI is InChI=1S/C23H26N2O3/c1-4-6-12-28-21-11-10-18(15-22(21)27-5-2)14-19(16-24)23(26)25-20-9-7-8-17(3)13-20/h7-11,13-15H,4-6,12H2,1-3H3,(H,25,26)/b19-14+. The second-order valence-electron chi connectivity index (χ2n) is 6.33. The summed E-state index contributed by atoms with van der Waals surface area (Å²) >= 11 is 0. The minimum absolute atomic E-state index is 0.0172. The van der Waals surface area contributed by atoms with Gasteiger partial charge in [0, 0.05) is 5.69 Å². The van der Waals surface area contributed by atoms with Gasteiger partial charge in [0.2, 0.25) is 0 Å². The molecule has 5 heteroatoms. The summed E-state index contributed by atoms with van der Waals surface area (Å²) in [5.74, 6) is 0.813. The minimum Gasteiger partial charge on any atom is -0.490 e. The summed E-state index contributed by atoms with van der Waals surface area (Å²) in [6.45, 7) is 7.06. The van der Waals surface area contributed by atoms with Crippen LogP contribution in [0.25, 0.3) is 6.08 Å². The van der Waals surface area contributed by atoms with Crippen molar-refractivity contribution in [3.05, 3.63) is 59.2 Å². The van der Waals surface area contributed by atoms with Crippen molar-refractivity contribution in [2.75, 3.05) is 18.5 Å². The van der Waals surface area contributed by atoms with E-state index in [-0.39, 0.29) is 5.57 Å². The fourth-order valence-corrected chi connectivity index (χ4v) is 2.56. The highest BCUT2D eigenvalue weighted by atomic mass is 16.5. The van der Waals surface area contributed by atoms with Crippen molar-refractivity contribution in [1.29, 1.82) is 5.26 Å². The number of aryl methyl sites for hydroxylation is 1. The van der Waals surface area contributed by atoms with Gasteiger partial charge in [-0.1, -0.05) is 31.5 Å². The van der Waals surface area contributed by atoms with E-state index in [0.717, 1.165) is 18.4 Å². The lowest BCUT2D eigenvalue weighted by atomic mass is 10.1. The number of anilines is 1. The molecule has 0 heterocycles. The van der Waals surface area contributed by atoms with Crippen LogP contribution in [0.4, 0.5) is 5.69 Å². The van der Waals surface area contributed by atoms with Crippen LogP contribution >= 0.6 is 0 Å². The number of unbranched alkanes of at least 4 members (excludes halogenated alkanes) is 1. The number of carbonyl (C=O) groups excluding carboxylic acids is 1. The van der Waals surface area contributed by atoms with Crippen LogP contribution in [0.5, 0.6) is 11.5 Å². The van der Waals surface area contributed by atoms with E-state index in [4.69, 9.17) is 9.47 Å². The van der Waals surface area contributed by atoms with Crippen LogP contribution in [0.2, 0.25) is 0 Å². The lowest BCUT2D eigenvalue weighted by Crippen LogP contribution is -2.13. The molecular weight excluding hydrogens is 352 g/mol. The van der Waals surface area contributed by atoms with E-state index in [2.05, 4.69) is 12.2 Å². The predicted octanol–water partition coefficient (Wildman–Crippen LogP) is 5.12. The van der Waals surface area contributed by atoms with Crippen LogP contribution in [0.15, 0.2) is 48.0 Å². The summed E-state index contributed by atoms with van der Waals surface area (Å²) in [7, 11) is 0. The summed E-state index contributed by atoms with van der Waals surface area (Å²) in [4.78, 5) is 12.5. The molecule has 0 fully saturated rings. The number of nitriles is 1. The Bertz CT molecular complexity index is 882. The average molecular weight is 378 g/mol. The molecule has 0 aliphatic rings. The Morgan fingerprint density at radius 3 is 2.64 bits per heavy atom. The Balaban J connectivity index is 2.21. The molecule has 2 aromatic carbocycles. The summed E-state index contributed by atoms with van der Waals surface area (Å²) in [6.07, 6.45) is 3.56. The molecule has 0 radical (unpaired) electrons. The average Bonchev–Trinajstić information content (AvgIpc) is 2.68. The predicted molar refractivity (Wildman–Crippen MR) is 111 cm³/mol. The third-order valence-electron chi connectivity index (χ3n) is 3.98. The number of hydrogen-bond donors (Lipinski definition) is 1. The van der Waals surface area contributed by atoms with Gasteiger partial charge in [0.15, 0.2) is 11.5 Å². The highest BCUT2D eigenvalue weighted by molar-refractivity contribution is 6.09. The summed E-state index contributed by atoms with van der Waals surface area (Å²) < 4.78 is 11.4. The van der Waals surface area contributed by atoms with E-state index < -0.39 is 5.91 Å². The molecule has 0 bridgehead atoms. The van der Waals surface area contributed by atoms with Crippen molar-refractivity contribution < 1.29 is 14.3 Å². The van der Waals surface area contributed by atoms with Crippen molar-refractivity contribution >= 4 is 17.7 Å². The summed E-state index contributed by atoms with van der Waals surface area (Å²) in [6, 6.07) is 14.8. The second-order valence-corrected chi connectivity index (χ2v) is 6.33. The molecule has 0 aromatic heterocycles. The van der Waals surface area contributed by atoms with E-state index in [9.17, 15) is 10.1 Å². The molecule has 2 aromatic rings. The molecule has 0 unspecified atom stereocenters. The Hall–Kier alpha value is -3.26. The number of rotatable bonds is 9. The van der Waals surface area contributed by atoms with Crippen LogP contribution in [-0.4, -0.2) is 19.1 Å². The lowest BCUT2D eigenvalue weighted by molar-refractivity contribution is -0.112. The zero-order valence-corrected chi connectivity index (χ0v) is 16.6. The van der Waals surface area contributed by atoms with Gasteiger partial charge in [0.25, 0.3) is 5.91 Å². The second kappa shape index (κ2) is 10.8. The first-order valence-electron chi connectivity index (χ1n) is 9.46. The van der Waals surface area contributed by atoms with Crippen molar-refractivity contribution in [3.63, 3.8) is 0 Å². The summed E-state index contributed by atoms with van der Waals surface area (Å²) in [5.41, 5.74) is 2.40. The van der Waals surface area contributed by atoms with Gasteiger partial charge in [0.05, 0.1) is 13.2 Å².